The molecule has 0 amide bonds. The maximum absolute atomic E-state index is 14.4. The van der Waals surface area contributed by atoms with E-state index in [2.05, 4.69) is 15.9 Å². The quantitative estimate of drug-likeness (QED) is 0.0134. The van der Waals surface area contributed by atoms with Gasteiger partial charge in [0.25, 0.3) is 0 Å². The summed E-state index contributed by atoms with van der Waals surface area (Å²) in [6, 6.07) is 59.1. The van der Waals surface area contributed by atoms with Crippen LogP contribution in [0.1, 0.15) is 160 Å². The molecule has 125 heavy (non-hydrogen) atoms. The molecule has 3 fully saturated rings. The van der Waals surface area contributed by atoms with Crippen LogP contribution in [0.5, 0.6) is 46.0 Å². The van der Waals surface area contributed by atoms with Crippen molar-refractivity contribution in [2.45, 2.75) is 118 Å². The molecular weight excluding hydrogens is 1680 g/mol. The van der Waals surface area contributed by atoms with Crippen LogP contribution in [-0.2, 0) is 23.9 Å². The number of methoxy groups -OCH3 is 6. The van der Waals surface area contributed by atoms with E-state index in [0.29, 0.717) is 126 Å². The molecule has 14 rings (SSSR count). The predicted molar refractivity (Wildman–Crippen MR) is 476 cm³/mol. The number of aromatic carboxylic acids is 1. The summed E-state index contributed by atoms with van der Waals surface area (Å²) >= 11 is 3.29. The highest BCUT2D eigenvalue weighted by Crippen LogP contribution is 2.48. The Morgan fingerprint density at radius 2 is 0.720 bits per heavy atom. The van der Waals surface area contributed by atoms with Crippen molar-refractivity contribution in [2.24, 2.45) is 17.8 Å². The Hall–Kier alpha value is -12.8. The molecule has 0 spiro atoms. The van der Waals surface area contributed by atoms with E-state index in [4.69, 9.17) is 58.2 Å². The van der Waals surface area contributed by atoms with Crippen LogP contribution in [0.2, 0.25) is 0 Å². The molecule has 0 heterocycles. The van der Waals surface area contributed by atoms with Crippen molar-refractivity contribution in [1.82, 2.24) is 0 Å². The number of benzene rings is 11. The van der Waals surface area contributed by atoms with E-state index < -0.39 is 36.8 Å². The highest BCUT2D eigenvalue weighted by atomic mass is 79.9. The SMILES string of the molecule is C.C.COC(=O)C[C@H](c1cccc(C(=O)O)c1)C1CC1.COC(=O)C[C@H](c1cccc(C(=O)Oc2ccc(-c3cc(OC)ccc3F)cc2C)c1)C1CC1.COc1ccc(F)c(-c2ccc(O)c(C)c2)c1.COc1ccc(F)c(-c2ccc(OC(=O)c3cccc([C@@H](CC(=O)O)C4CC4)c3)c(C)c2)c1.COc1ccc(F)c(B(O)O)c1.Cc1cc(Br)ccc1O. The first-order valence-corrected chi connectivity index (χ1v) is 40.1. The molecule has 11 aromatic rings. The van der Waals surface area contributed by atoms with Gasteiger partial charge in [-0.25, -0.2) is 31.9 Å². The normalized spacial score (nSPS) is 12.7. The van der Waals surface area contributed by atoms with Crippen LogP contribution in [0.3, 0.4) is 0 Å². The molecule has 6 N–H and O–H groups in total. The molecule has 0 aromatic heterocycles. The second-order valence-electron chi connectivity index (χ2n) is 29.6. The highest BCUT2D eigenvalue weighted by molar-refractivity contribution is 9.10. The Morgan fingerprint density at radius 3 is 1.04 bits per heavy atom. The van der Waals surface area contributed by atoms with Crippen LogP contribution in [-0.4, -0.2) is 116 Å². The average molecular weight is 1780 g/mol. The van der Waals surface area contributed by atoms with Gasteiger partial charge in [0.15, 0.2) is 0 Å². The van der Waals surface area contributed by atoms with Crippen LogP contribution in [0.25, 0.3) is 33.4 Å². The third kappa shape index (κ3) is 28.9. The van der Waals surface area contributed by atoms with Gasteiger partial charge in [-0.05, 0) is 321 Å². The number of aromatic hydroxyl groups is 2. The summed E-state index contributed by atoms with van der Waals surface area (Å²) in [6.45, 7) is 7.23. The van der Waals surface area contributed by atoms with Gasteiger partial charge in [0.2, 0.25) is 0 Å². The molecule has 11 aromatic carbocycles. The monoisotopic (exact) mass is 1780 g/mol. The fourth-order valence-electron chi connectivity index (χ4n) is 13.6. The van der Waals surface area contributed by atoms with E-state index in [1.165, 1.54) is 65.9 Å². The Labute approximate surface area is 734 Å². The number of esters is 4. The minimum Gasteiger partial charge on any atom is -0.508 e. The highest BCUT2D eigenvalue weighted by Gasteiger charge is 2.37. The number of phenols is 2. The van der Waals surface area contributed by atoms with Crippen LogP contribution in [0.4, 0.5) is 17.6 Å². The van der Waals surface area contributed by atoms with Crippen LogP contribution in [0, 0.1) is 68.7 Å². The maximum Gasteiger partial charge on any atom is 0.491 e. The van der Waals surface area contributed by atoms with Gasteiger partial charge in [-0.3, -0.25) is 14.4 Å². The first-order valence-electron chi connectivity index (χ1n) is 39.3. The number of carbonyl (C=O) groups is 6. The van der Waals surface area contributed by atoms with E-state index in [9.17, 15) is 56.5 Å². The summed E-state index contributed by atoms with van der Waals surface area (Å²) in [5, 5.41) is 54.1. The molecule has 3 aliphatic carbocycles. The molecule has 26 heteroatoms. The number of hydrogen-bond donors (Lipinski definition) is 6. The van der Waals surface area contributed by atoms with E-state index in [1.54, 1.807) is 180 Å². The van der Waals surface area contributed by atoms with Crippen molar-refractivity contribution < 1.29 is 115 Å². The zero-order valence-corrected chi connectivity index (χ0v) is 71.1. The van der Waals surface area contributed by atoms with Gasteiger partial charge < -0.3 is 68.4 Å². The number of rotatable bonds is 25. The Bertz CT molecular complexity index is 5550. The summed E-state index contributed by atoms with van der Waals surface area (Å²) < 4.78 is 97.2. The lowest BCUT2D eigenvalue weighted by Gasteiger charge is -2.16. The second kappa shape index (κ2) is 47.2. The fraction of sp³-hybridized carbons (Fsp3) is 0.273. The molecular formula is C99H104BBrF4O20. The lowest BCUT2D eigenvalue weighted by molar-refractivity contribution is -0.142. The topological polar surface area (TPSA) is 298 Å². The van der Waals surface area contributed by atoms with Crippen molar-refractivity contribution in [1.29, 1.82) is 0 Å². The first-order chi connectivity index (χ1) is 58.8. The molecule has 3 saturated carbocycles. The van der Waals surface area contributed by atoms with E-state index >= 15 is 0 Å². The molecule has 0 saturated heterocycles. The predicted octanol–water partition coefficient (Wildman–Crippen LogP) is 21.3. The summed E-state index contributed by atoms with van der Waals surface area (Å²) in [5.74, 6) is -0.318. The van der Waals surface area contributed by atoms with Crippen molar-refractivity contribution in [3.63, 3.8) is 0 Å². The van der Waals surface area contributed by atoms with Crippen molar-refractivity contribution >= 4 is 64.3 Å². The van der Waals surface area contributed by atoms with Crippen LogP contribution < -0.4 is 33.9 Å². The Kier molecular flexibility index (Phi) is 37.5. The number of hydrogen-bond acceptors (Lipinski definition) is 18. The molecule has 0 bridgehead atoms. The van der Waals surface area contributed by atoms with E-state index in [1.807, 2.05) is 37.3 Å². The Balaban J connectivity index is 0.000000217. The third-order valence-corrected chi connectivity index (χ3v) is 21.4. The smallest absolute Gasteiger partial charge is 0.491 e. The zero-order chi connectivity index (χ0) is 89.3. The Morgan fingerprint density at radius 1 is 0.392 bits per heavy atom. The molecule has 0 unspecified atom stereocenters. The first kappa shape index (κ1) is 99.3. The number of aryl methyl sites for hydroxylation is 4. The summed E-state index contributed by atoms with van der Waals surface area (Å²) in [4.78, 5) is 71.2. The van der Waals surface area contributed by atoms with Gasteiger partial charge in [0, 0.05) is 26.6 Å². The van der Waals surface area contributed by atoms with Gasteiger partial charge in [-0.2, -0.15) is 0 Å². The third-order valence-electron chi connectivity index (χ3n) is 20.9. The van der Waals surface area contributed by atoms with Crippen molar-refractivity contribution in [2.75, 3.05) is 42.7 Å². The lowest BCUT2D eigenvalue weighted by Crippen LogP contribution is -2.32. The number of carboxylic acids is 2. The van der Waals surface area contributed by atoms with Crippen LogP contribution >= 0.6 is 15.9 Å². The maximum atomic E-state index is 14.4. The minimum absolute atomic E-state index is 0. The largest absolute Gasteiger partial charge is 0.508 e. The number of halogens is 5. The molecule has 20 nitrogen and oxygen atoms in total. The number of aliphatic carboxylic acids is 1. The average Bonchev–Trinajstić information content (AvgIpc) is 1.62. The van der Waals surface area contributed by atoms with Gasteiger partial charge in [-0.1, -0.05) is 85.4 Å². The van der Waals surface area contributed by atoms with Gasteiger partial charge in [0.05, 0.1) is 78.6 Å². The number of carbonyl (C=O) groups excluding carboxylic acids is 4. The van der Waals surface area contributed by atoms with Crippen molar-refractivity contribution in [3.8, 4) is 79.4 Å². The second-order valence-corrected chi connectivity index (χ2v) is 30.6. The van der Waals surface area contributed by atoms with E-state index in [0.717, 1.165) is 76.9 Å². The number of phenolic OH excluding ortho intramolecular Hbond substituents is 2. The summed E-state index contributed by atoms with van der Waals surface area (Å²) in [5.41, 5.74) is 9.83. The minimum atomic E-state index is -1.81. The summed E-state index contributed by atoms with van der Waals surface area (Å²) in [6.07, 6.45) is 7.00. The zero-order valence-electron chi connectivity index (χ0n) is 69.5. The lowest BCUT2D eigenvalue weighted by atomic mass is 9.80. The van der Waals surface area contributed by atoms with Crippen LogP contribution in [0.15, 0.2) is 223 Å². The van der Waals surface area contributed by atoms with Crippen molar-refractivity contribution in [3.05, 3.63) is 302 Å². The van der Waals surface area contributed by atoms with Gasteiger partial charge in [0.1, 0.15) is 69.3 Å². The van der Waals surface area contributed by atoms with Gasteiger partial charge >= 0.3 is 42.9 Å². The standard InChI is InChI=1S/C28H27FO5.C27H25FO5.C14H13FO2.C14H16O4.C7H8BFO3.C7H7BrO.2CH4/c1-17-13-20(24-15-22(32-2)10-11-25(24)29)9-12-26(17)34-28(31)21-6-4-5-19(14-21)23(18-7-8-18)16-27(30)33-3;1-16-12-19(23-14-21(32-2)9-10-24(23)28)8-11-25(16)33-27(31)20-5-3-4-18(13-20)22(15-26(29)30)17-6-7-17;1-9-7-10(3-6-14(9)16)12-8-11(17-2)4-5-13(12)15;1-18-13(15)8-12(9-5-6-9)10-3-2-4-11(7-10)14(16)17;1-12-5-2-3-7(9)6(4-5)8(10)11;1-5-4-6(8)2-3-7(5)9;;/h4-6,9-15,18,23H,7-8,16H2,1-3H3;3-5,8-14,17,22H,6-7,15H2,1-2H3,(H,29,30);3-8,16H,1-2H3;2-4,7,9,12H,5-6,8H2,1H3,(H,16,17);2-4,10-11H,1H3;2-4,9H,1H3;2*1H4/t23-;22-;;12-;;;;/m00.0..../s1. The molecule has 3 atom stereocenters. The van der Waals surface area contributed by atoms with E-state index in [-0.39, 0.29) is 85.2 Å². The molecule has 0 radical (unpaired) electrons. The fourth-order valence-corrected chi connectivity index (χ4v) is 14.1. The molecule has 0 aliphatic heterocycles. The number of ether oxygens (including phenoxy) is 8. The molecule has 658 valence electrons. The van der Waals surface area contributed by atoms with Gasteiger partial charge in [-0.15, -0.1) is 0 Å². The number of carboxylic acid groups (broad SMARTS) is 2. The molecule has 3 aliphatic rings. The summed E-state index contributed by atoms with van der Waals surface area (Å²) in [7, 11) is 6.97.